The van der Waals surface area contributed by atoms with Crippen LogP contribution in [0.3, 0.4) is 0 Å². The maximum Gasteiger partial charge on any atom is 0.335 e. The van der Waals surface area contributed by atoms with E-state index in [1.807, 2.05) is 0 Å². The molecule has 3 aromatic rings. The molecule has 0 spiro atoms. The normalized spacial score (nSPS) is 17.4. The number of Topliss-reactive ketones (excluding diaryl/α,β-unsaturated/α-hetero) is 1. The van der Waals surface area contributed by atoms with E-state index < -0.39 is 23.7 Å². The summed E-state index contributed by atoms with van der Waals surface area (Å²) >= 11 is 0. The molecule has 7 nitrogen and oxygen atoms in total. The Kier molecular flexibility index (Phi) is 5.47. The number of hydrogen-bond donors (Lipinski definition) is 2. The Morgan fingerprint density at radius 1 is 0.844 bits per heavy atom. The summed E-state index contributed by atoms with van der Waals surface area (Å²) in [7, 11) is 1.52. The average Bonchev–Trinajstić information content (AvgIpc) is 3.09. The summed E-state index contributed by atoms with van der Waals surface area (Å²) in [5.41, 5.74) is 1.35. The van der Waals surface area contributed by atoms with Crippen molar-refractivity contribution in [3.63, 3.8) is 0 Å². The van der Waals surface area contributed by atoms with E-state index in [9.17, 15) is 19.5 Å². The van der Waals surface area contributed by atoms with Crippen LogP contribution in [0.1, 0.15) is 27.5 Å². The van der Waals surface area contributed by atoms with Crippen molar-refractivity contribution >= 4 is 29.1 Å². The first-order valence-electron chi connectivity index (χ1n) is 9.76. The Balaban J connectivity index is 1.88. The van der Waals surface area contributed by atoms with Gasteiger partial charge < -0.3 is 14.9 Å². The van der Waals surface area contributed by atoms with Crippen LogP contribution in [0.4, 0.5) is 5.69 Å². The smallest absolute Gasteiger partial charge is 0.335 e. The van der Waals surface area contributed by atoms with Gasteiger partial charge in [-0.1, -0.05) is 30.3 Å². The topological polar surface area (TPSA) is 104 Å². The summed E-state index contributed by atoms with van der Waals surface area (Å²) in [6.07, 6.45) is 0. The van der Waals surface area contributed by atoms with E-state index in [2.05, 4.69) is 0 Å². The Morgan fingerprint density at radius 2 is 1.44 bits per heavy atom. The van der Waals surface area contributed by atoms with Crippen LogP contribution in [0, 0.1) is 0 Å². The molecule has 0 aliphatic carbocycles. The number of anilines is 1. The lowest BCUT2D eigenvalue weighted by Crippen LogP contribution is -2.29. The fraction of sp³-hybridized carbons (Fsp3) is 0.0800. The average molecular weight is 429 g/mol. The molecular formula is C25H19NO6. The summed E-state index contributed by atoms with van der Waals surface area (Å²) < 4.78 is 5.14. The van der Waals surface area contributed by atoms with Crippen molar-refractivity contribution in [2.75, 3.05) is 12.0 Å². The molecule has 160 valence electrons. The van der Waals surface area contributed by atoms with Crippen molar-refractivity contribution < 1.29 is 29.3 Å². The van der Waals surface area contributed by atoms with Crippen molar-refractivity contribution in [3.8, 4) is 5.75 Å². The number of carboxylic acids is 1. The quantitative estimate of drug-likeness (QED) is 0.361. The molecule has 4 rings (SSSR count). The number of rotatable bonds is 5. The number of methoxy groups -OCH3 is 1. The minimum Gasteiger partial charge on any atom is -0.507 e. The van der Waals surface area contributed by atoms with Crippen LogP contribution in [-0.4, -0.2) is 35.0 Å². The van der Waals surface area contributed by atoms with E-state index >= 15 is 0 Å². The molecule has 0 bridgehead atoms. The molecule has 0 saturated carbocycles. The van der Waals surface area contributed by atoms with Gasteiger partial charge >= 0.3 is 5.97 Å². The van der Waals surface area contributed by atoms with E-state index in [-0.39, 0.29) is 16.9 Å². The predicted molar refractivity (Wildman–Crippen MR) is 118 cm³/mol. The summed E-state index contributed by atoms with van der Waals surface area (Å²) in [5.74, 6) is -2.45. The van der Waals surface area contributed by atoms with Crippen molar-refractivity contribution in [2.45, 2.75) is 6.04 Å². The SMILES string of the molecule is COc1ccc(C(O)=C2C(=O)C(=O)N(c3ccc(C(=O)O)cc3)[C@@H]2c2ccccc2)cc1. The van der Waals surface area contributed by atoms with Gasteiger partial charge in [-0.3, -0.25) is 14.5 Å². The molecule has 1 amide bonds. The number of ketones is 1. The number of hydrogen-bond acceptors (Lipinski definition) is 5. The van der Waals surface area contributed by atoms with Crippen LogP contribution in [-0.2, 0) is 9.59 Å². The number of ether oxygens (including phenoxy) is 1. The van der Waals surface area contributed by atoms with Crippen LogP contribution in [0.2, 0.25) is 0 Å². The Bertz CT molecular complexity index is 1210. The summed E-state index contributed by atoms with van der Waals surface area (Å²) in [5, 5.41) is 20.2. The fourth-order valence-electron chi connectivity index (χ4n) is 3.72. The predicted octanol–water partition coefficient (Wildman–Crippen LogP) is 4.02. The lowest BCUT2D eigenvalue weighted by molar-refractivity contribution is -0.132. The van der Waals surface area contributed by atoms with Crippen molar-refractivity contribution in [1.82, 2.24) is 0 Å². The molecule has 0 aromatic heterocycles. The second kappa shape index (κ2) is 8.39. The van der Waals surface area contributed by atoms with Crippen LogP contribution >= 0.6 is 0 Å². The summed E-state index contributed by atoms with van der Waals surface area (Å²) in [6.45, 7) is 0. The van der Waals surface area contributed by atoms with Crippen molar-refractivity contribution in [1.29, 1.82) is 0 Å². The summed E-state index contributed by atoms with van der Waals surface area (Å²) in [4.78, 5) is 38.6. The van der Waals surface area contributed by atoms with Crippen molar-refractivity contribution in [3.05, 3.63) is 101 Å². The highest BCUT2D eigenvalue weighted by atomic mass is 16.5. The lowest BCUT2D eigenvalue weighted by Gasteiger charge is -2.25. The van der Waals surface area contributed by atoms with E-state index in [1.54, 1.807) is 54.6 Å². The maximum atomic E-state index is 13.1. The van der Waals surface area contributed by atoms with Crippen LogP contribution in [0.5, 0.6) is 5.75 Å². The number of benzene rings is 3. The molecule has 3 aromatic carbocycles. The second-order valence-electron chi connectivity index (χ2n) is 7.16. The number of carboxylic acid groups (broad SMARTS) is 1. The third kappa shape index (κ3) is 3.60. The number of nitrogens with zero attached hydrogens (tertiary/aromatic N) is 1. The van der Waals surface area contributed by atoms with Gasteiger partial charge in [-0.15, -0.1) is 0 Å². The standard InChI is InChI=1S/C25H19NO6/c1-32-19-13-9-16(10-14-19)22(27)20-21(15-5-3-2-4-6-15)26(24(29)23(20)28)18-11-7-17(8-12-18)25(30)31/h2-14,21,27H,1H3,(H,30,31)/t21-/m1/s1. The van der Waals surface area contributed by atoms with Crippen LogP contribution in [0.25, 0.3) is 5.76 Å². The van der Waals surface area contributed by atoms with Gasteiger partial charge in [0.1, 0.15) is 11.5 Å². The van der Waals surface area contributed by atoms with Gasteiger partial charge in [0.15, 0.2) is 0 Å². The second-order valence-corrected chi connectivity index (χ2v) is 7.16. The number of amides is 1. The molecule has 7 heteroatoms. The minimum absolute atomic E-state index is 0.0475. The molecule has 1 aliphatic heterocycles. The fourth-order valence-corrected chi connectivity index (χ4v) is 3.72. The first-order chi connectivity index (χ1) is 15.4. The van der Waals surface area contributed by atoms with E-state index in [0.29, 0.717) is 22.6 Å². The van der Waals surface area contributed by atoms with Gasteiger partial charge in [0.2, 0.25) is 0 Å². The number of aliphatic hydroxyl groups excluding tert-OH is 1. The molecule has 1 aliphatic rings. The zero-order valence-corrected chi connectivity index (χ0v) is 17.1. The van der Waals surface area contributed by atoms with E-state index in [0.717, 1.165) is 0 Å². The number of carbonyl (C=O) groups excluding carboxylic acids is 2. The monoisotopic (exact) mass is 429 g/mol. The van der Waals surface area contributed by atoms with Crippen LogP contribution in [0.15, 0.2) is 84.4 Å². The third-order valence-corrected chi connectivity index (χ3v) is 5.32. The van der Waals surface area contributed by atoms with Gasteiger partial charge in [-0.2, -0.15) is 0 Å². The van der Waals surface area contributed by atoms with Crippen LogP contribution < -0.4 is 9.64 Å². The largest absolute Gasteiger partial charge is 0.507 e. The molecule has 1 fully saturated rings. The van der Waals surface area contributed by atoms with E-state index in [1.165, 1.54) is 36.3 Å². The zero-order chi connectivity index (χ0) is 22.8. The van der Waals surface area contributed by atoms with Gasteiger partial charge in [0, 0.05) is 11.3 Å². The molecule has 1 heterocycles. The minimum atomic E-state index is -1.10. The molecule has 2 N–H and O–H groups in total. The molecule has 1 saturated heterocycles. The first-order valence-corrected chi connectivity index (χ1v) is 9.76. The highest BCUT2D eigenvalue weighted by Gasteiger charge is 2.46. The maximum absolute atomic E-state index is 13.1. The molecule has 1 atom stereocenters. The Labute approximate surface area is 183 Å². The van der Waals surface area contributed by atoms with Gasteiger partial charge in [-0.25, -0.2) is 4.79 Å². The third-order valence-electron chi connectivity index (χ3n) is 5.32. The molecular weight excluding hydrogens is 410 g/mol. The van der Waals surface area contributed by atoms with Gasteiger partial charge in [-0.05, 0) is 54.1 Å². The Hall–Kier alpha value is -4.39. The molecule has 0 radical (unpaired) electrons. The lowest BCUT2D eigenvalue weighted by atomic mass is 9.95. The number of aliphatic hydroxyl groups is 1. The first kappa shape index (κ1) is 20.9. The summed E-state index contributed by atoms with van der Waals surface area (Å²) in [6, 6.07) is 20.2. The number of carbonyl (C=O) groups is 3. The zero-order valence-electron chi connectivity index (χ0n) is 17.1. The molecule has 0 unspecified atom stereocenters. The van der Waals surface area contributed by atoms with Gasteiger partial charge in [0.05, 0.1) is 24.3 Å². The van der Waals surface area contributed by atoms with Crippen molar-refractivity contribution in [2.24, 2.45) is 0 Å². The highest BCUT2D eigenvalue weighted by Crippen LogP contribution is 2.42. The van der Waals surface area contributed by atoms with Gasteiger partial charge in [0.25, 0.3) is 11.7 Å². The van der Waals surface area contributed by atoms with E-state index in [4.69, 9.17) is 9.84 Å². The highest BCUT2D eigenvalue weighted by molar-refractivity contribution is 6.51. The Morgan fingerprint density at radius 3 is 2.00 bits per heavy atom. The number of aromatic carboxylic acids is 1. The molecule has 32 heavy (non-hydrogen) atoms.